The first-order valence-corrected chi connectivity index (χ1v) is 8.35. The molecule has 1 aliphatic carbocycles. The van der Waals surface area contributed by atoms with Crippen LogP contribution in [0.5, 0.6) is 0 Å². The van der Waals surface area contributed by atoms with E-state index in [2.05, 4.69) is 26.6 Å². The average Bonchev–Trinajstić information content (AvgIpc) is 3.38. The summed E-state index contributed by atoms with van der Waals surface area (Å²) in [6.45, 7) is 0.503. The maximum atomic E-state index is 12.2. The quantitative estimate of drug-likeness (QED) is 0.839. The molecule has 0 aromatic heterocycles. The van der Waals surface area contributed by atoms with E-state index in [-0.39, 0.29) is 17.7 Å². The smallest absolute Gasteiger partial charge is 0.255 e. The maximum Gasteiger partial charge on any atom is 0.255 e. The number of hydrogen-bond donors (Lipinski definition) is 2. The lowest BCUT2D eigenvalue weighted by Crippen LogP contribution is -2.24. The molecule has 0 aliphatic heterocycles. The third kappa shape index (κ3) is 4.42. The second-order valence-corrected chi connectivity index (χ2v) is 6.57. The van der Waals surface area contributed by atoms with E-state index >= 15 is 0 Å². The van der Waals surface area contributed by atoms with Crippen molar-refractivity contribution in [2.75, 3.05) is 5.32 Å². The fourth-order valence-corrected chi connectivity index (χ4v) is 2.62. The standard InChI is InChI=1S/C18H17BrN2O2/c19-15-2-1-3-16(10-15)21-18(23)14-6-4-12(5-7-14)11-20-17(22)13-8-9-13/h1-7,10,13H,8-9,11H2,(H,20,22)(H,21,23). The minimum Gasteiger partial charge on any atom is -0.352 e. The number of benzene rings is 2. The molecule has 0 saturated heterocycles. The van der Waals surface area contributed by atoms with Gasteiger partial charge in [0.1, 0.15) is 0 Å². The van der Waals surface area contributed by atoms with Gasteiger partial charge in [0.15, 0.2) is 0 Å². The van der Waals surface area contributed by atoms with Crippen LogP contribution in [0.15, 0.2) is 53.0 Å². The Kier molecular flexibility index (Phi) is 4.76. The summed E-state index contributed by atoms with van der Waals surface area (Å²) in [6.07, 6.45) is 2.00. The molecule has 3 rings (SSSR count). The largest absolute Gasteiger partial charge is 0.352 e. The van der Waals surface area contributed by atoms with Gasteiger partial charge in [-0.15, -0.1) is 0 Å². The Balaban J connectivity index is 1.57. The molecule has 0 spiro atoms. The molecule has 4 nitrogen and oxygen atoms in total. The fourth-order valence-electron chi connectivity index (χ4n) is 2.22. The third-order valence-electron chi connectivity index (χ3n) is 3.71. The minimum atomic E-state index is -0.156. The van der Waals surface area contributed by atoms with Crippen molar-refractivity contribution in [3.8, 4) is 0 Å². The van der Waals surface area contributed by atoms with Crippen LogP contribution >= 0.6 is 15.9 Å². The van der Waals surface area contributed by atoms with Gasteiger partial charge in [-0.2, -0.15) is 0 Å². The Bertz CT molecular complexity index is 724. The van der Waals surface area contributed by atoms with E-state index in [0.717, 1.165) is 28.6 Å². The highest BCUT2D eigenvalue weighted by Gasteiger charge is 2.29. The molecule has 118 valence electrons. The normalized spacial score (nSPS) is 13.4. The lowest BCUT2D eigenvalue weighted by Gasteiger charge is -2.07. The SMILES string of the molecule is O=C(Nc1cccc(Br)c1)c1ccc(CNC(=O)C2CC2)cc1. The van der Waals surface area contributed by atoms with E-state index < -0.39 is 0 Å². The molecule has 2 aromatic carbocycles. The van der Waals surface area contributed by atoms with E-state index in [1.54, 1.807) is 12.1 Å². The summed E-state index contributed by atoms with van der Waals surface area (Å²) < 4.78 is 0.914. The van der Waals surface area contributed by atoms with Crippen molar-refractivity contribution < 1.29 is 9.59 Å². The molecule has 0 heterocycles. The molecular formula is C18H17BrN2O2. The van der Waals surface area contributed by atoms with Crippen molar-refractivity contribution in [3.05, 3.63) is 64.1 Å². The number of nitrogens with one attached hydrogen (secondary N) is 2. The zero-order valence-corrected chi connectivity index (χ0v) is 14.1. The van der Waals surface area contributed by atoms with Crippen molar-refractivity contribution in [2.24, 2.45) is 5.92 Å². The Morgan fingerprint density at radius 3 is 2.48 bits per heavy atom. The first kappa shape index (κ1) is 15.7. The Morgan fingerprint density at radius 2 is 1.83 bits per heavy atom. The molecule has 23 heavy (non-hydrogen) atoms. The molecular weight excluding hydrogens is 356 g/mol. The Morgan fingerprint density at radius 1 is 1.09 bits per heavy atom. The number of carbonyl (C=O) groups is 2. The van der Waals surface area contributed by atoms with Gasteiger partial charge in [-0.1, -0.05) is 34.1 Å². The minimum absolute atomic E-state index is 0.126. The van der Waals surface area contributed by atoms with Crippen LogP contribution in [-0.4, -0.2) is 11.8 Å². The Hall–Kier alpha value is -2.14. The number of anilines is 1. The molecule has 0 bridgehead atoms. The highest BCUT2D eigenvalue weighted by molar-refractivity contribution is 9.10. The highest BCUT2D eigenvalue weighted by Crippen LogP contribution is 2.28. The van der Waals surface area contributed by atoms with Gasteiger partial charge in [-0.3, -0.25) is 9.59 Å². The van der Waals surface area contributed by atoms with E-state index in [0.29, 0.717) is 12.1 Å². The van der Waals surface area contributed by atoms with Gasteiger partial charge in [0, 0.05) is 28.2 Å². The van der Waals surface area contributed by atoms with Crippen LogP contribution in [0.3, 0.4) is 0 Å². The van der Waals surface area contributed by atoms with Crippen LogP contribution < -0.4 is 10.6 Å². The maximum absolute atomic E-state index is 12.2. The van der Waals surface area contributed by atoms with Gasteiger partial charge < -0.3 is 10.6 Å². The van der Waals surface area contributed by atoms with Gasteiger partial charge in [0.2, 0.25) is 5.91 Å². The molecule has 2 aromatic rings. The van der Waals surface area contributed by atoms with E-state index in [9.17, 15) is 9.59 Å². The van der Waals surface area contributed by atoms with E-state index in [4.69, 9.17) is 0 Å². The first-order valence-electron chi connectivity index (χ1n) is 7.55. The second-order valence-electron chi connectivity index (χ2n) is 5.65. The Labute approximate surface area is 143 Å². The van der Waals surface area contributed by atoms with Crippen molar-refractivity contribution >= 4 is 33.4 Å². The molecule has 1 fully saturated rings. The van der Waals surface area contributed by atoms with E-state index in [1.807, 2.05) is 36.4 Å². The average molecular weight is 373 g/mol. The highest BCUT2D eigenvalue weighted by atomic mass is 79.9. The van der Waals surface area contributed by atoms with E-state index in [1.165, 1.54) is 0 Å². The van der Waals surface area contributed by atoms with Crippen molar-refractivity contribution in [1.82, 2.24) is 5.32 Å². The predicted molar refractivity (Wildman–Crippen MR) is 93.1 cm³/mol. The zero-order valence-electron chi connectivity index (χ0n) is 12.5. The predicted octanol–water partition coefficient (Wildman–Crippen LogP) is 3.73. The molecule has 0 atom stereocenters. The molecule has 2 amide bonds. The number of halogens is 1. The van der Waals surface area contributed by atoms with Crippen LogP contribution in [0.2, 0.25) is 0 Å². The summed E-state index contributed by atoms with van der Waals surface area (Å²) >= 11 is 3.38. The number of rotatable bonds is 5. The van der Waals surface area contributed by atoms with Gasteiger partial charge >= 0.3 is 0 Å². The molecule has 5 heteroatoms. The van der Waals surface area contributed by atoms with Gasteiger partial charge in [0.25, 0.3) is 5.91 Å². The molecule has 2 N–H and O–H groups in total. The zero-order chi connectivity index (χ0) is 16.2. The number of hydrogen-bond acceptors (Lipinski definition) is 2. The topological polar surface area (TPSA) is 58.2 Å². The fraction of sp³-hybridized carbons (Fsp3) is 0.222. The van der Waals surface area contributed by atoms with Crippen LogP contribution in [0.1, 0.15) is 28.8 Å². The number of carbonyl (C=O) groups excluding carboxylic acids is 2. The van der Waals surface area contributed by atoms with Crippen molar-refractivity contribution in [2.45, 2.75) is 19.4 Å². The molecule has 1 aliphatic rings. The molecule has 0 unspecified atom stereocenters. The lowest BCUT2D eigenvalue weighted by atomic mass is 10.1. The summed E-state index contributed by atoms with van der Waals surface area (Å²) in [7, 11) is 0. The van der Waals surface area contributed by atoms with Gasteiger partial charge in [0.05, 0.1) is 0 Å². The monoisotopic (exact) mass is 372 g/mol. The van der Waals surface area contributed by atoms with Crippen LogP contribution in [-0.2, 0) is 11.3 Å². The number of amides is 2. The summed E-state index contributed by atoms with van der Waals surface area (Å²) in [6, 6.07) is 14.7. The lowest BCUT2D eigenvalue weighted by molar-refractivity contribution is -0.122. The molecule has 0 radical (unpaired) electrons. The third-order valence-corrected chi connectivity index (χ3v) is 4.21. The van der Waals surface area contributed by atoms with Gasteiger partial charge in [-0.05, 0) is 48.7 Å². The summed E-state index contributed by atoms with van der Waals surface area (Å²) in [4.78, 5) is 23.8. The van der Waals surface area contributed by atoms with Crippen molar-refractivity contribution in [1.29, 1.82) is 0 Å². The van der Waals surface area contributed by atoms with Crippen LogP contribution in [0.25, 0.3) is 0 Å². The summed E-state index contributed by atoms with van der Waals surface area (Å²) in [5, 5.41) is 5.76. The molecule has 1 saturated carbocycles. The summed E-state index contributed by atoms with van der Waals surface area (Å²) in [5.41, 5.74) is 2.31. The van der Waals surface area contributed by atoms with Crippen LogP contribution in [0, 0.1) is 5.92 Å². The summed E-state index contributed by atoms with van der Waals surface area (Å²) in [5.74, 6) is 0.184. The van der Waals surface area contributed by atoms with Crippen LogP contribution in [0.4, 0.5) is 5.69 Å². The van der Waals surface area contributed by atoms with Gasteiger partial charge in [-0.25, -0.2) is 0 Å². The first-order chi connectivity index (χ1) is 11.1. The van der Waals surface area contributed by atoms with Crippen molar-refractivity contribution in [3.63, 3.8) is 0 Å². The second kappa shape index (κ2) is 6.96.